The molecule has 37 heavy (non-hydrogen) atoms. The van der Waals surface area contributed by atoms with Crippen molar-refractivity contribution in [2.75, 3.05) is 12.0 Å². The second-order valence-electron chi connectivity index (χ2n) is 10.3. The van der Waals surface area contributed by atoms with Crippen LogP contribution in [0.25, 0.3) is 11.1 Å². The second kappa shape index (κ2) is 9.52. The molecule has 6 rings (SSSR count). The van der Waals surface area contributed by atoms with Gasteiger partial charge in [0.2, 0.25) is 5.95 Å². The van der Waals surface area contributed by atoms with E-state index in [1.165, 1.54) is 25.3 Å². The highest BCUT2D eigenvalue weighted by atomic mass is 19.1. The molecule has 2 aliphatic heterocycles. The lowest BCUT2D eigenvalue weighted by molar-refractivity contribution is 0.0148. The number of rotatable bonds is 7. The summed E-state index contributed by atoms with van der Waals surface area (Å²) >= 11 is 0. The molecule has 7 nitrogen and oxygen atoms in total. The summed E-state index contributed by atoms with van der Waals surface area (Å²) in [4.78, 5) is 26.7. The lowest BCUT2D eigenvalue weighted by Crippen LogP contribution is -2.46. The summed E-state index contributed by atoms with van der Waals surface area (Å²) < 4.78 is 40.6. The number of ether oxygens (including phenoxy) is 2. The Morgan fingerprint density at radius 3 is 2.46 bits per heavy atom. The first-order valence-corrected chi connectivity index (χ1v) is 12.9. The average Bonchev–Trinajstić information content (AvgIpc) is 3.59. The number of methoxy groups -OCH3 is 1. The van der Waals surface area contributed by atoms with E-state index in [9.17, 15) is 13.6 Å². The van der Waals surface area contributed by atoms with Gasteiger partial charge in [0, 0.05) is 40.8 Å². The minimum atomic E-state index is -0.571. The number of fused-ring (bicyclic) bond motifs is 2. The van der Waals surface area contributed by atoms with Crippen LogP contribution in [0.5, 0.6) is 0 Å². The molecular formula is C28H30F2N4O3. The van der Waals surface area contributed by atoms with Crippen LogP contribution in [0.2, 0.25) is 0 Å². The van der Waals surface area contributed by atoms with E-state index in [2.05, 4.69) is 19.9 Å². The number of benzene rings is 1. The molecule has 1 N–H and O–H groups in total. The number of aromatic nitrogens is 3. The topological polar surface area (TPSA) is 80.3 Å². The number of nitrogens with one attached hydrogen (secondary N) is 1. The summed E-state index contributed by atoms with van der Waals surface area (Å²) in [5, 5.41) is 0. The fourth-order valence-corrected chi connectivity index (χ4v) is 6.01. The monoisotopic (exact) mass is 508 g/mol. The van der Waals surface area contributed by atoms with Gasteiger partial charge in [0.1, 0.15) is 11.6 Å². The van der Waals surface area contributed by atoms with Crippen LogP contribution < -0.4 is 4.90 Å². The van der Waals surface area contributed by atoms with Crippen LogP contribution in [0, 0.1) is 18.6 Å². The third-order valence-electron chi connectivity index (χ3n) is 7.86. The Hall–Kier alpha value is -3.33. The van der Waals surface area contributed by atoms with Gasteiger partial charge in [-0.05, 0) is 69.6 Å². The number of nitrogens with zero attached hydrogens (tertiary/aromatic N) is 3. The van der Waals surface area contributed by atoms with Crippen LogP contribution in [0.4, 0.5) is 14.7 Å². The smallest absolute Gasteiger partial charge is 0.356 e. The highest BCUT2D eigenvalue weighted by molar-refractivity contribution is 5.87. The van der Waals surface area contributed by atoms with E-state index in [1.807, 2.05) is 6.92 Å². The van der Waals surface area contributed by atoms with Gasteiger partial charge in [0.05, 0.1) is 25.4 Å². The Morgan fingerprint density at radius 1 is 1.11 bits per heavy atom. The van der Waals surface area contributed by atoms with Crippen molar-refractivity contribution in [1.82, 2.24) is 15.0 Å². The Balaban J connectivity index is 1.21. The number of esters is 1. The molecule has 2 saturated heterocycles. The summed E-state index contributed by atoms with van der Waals surface area (Å²) in [6.07, 6.45) is 7.46. The van der Waals surface area contributed by atoms with Gasteiger partial charge in [-0.2, -0.15) is 0 Å². The van der Waals surface area contributed by atoms with Crippen LogP contribution in [0.1, 0.15) is 71.9 Å². The number of H-pyrrole nitrogens is 1. The number of carbonyl (C=O) groups is 1. The fraction of sp³-hybridized carbons (Fsp3) is 0.464. The molecule has 2 unspecified atom stereocenters. The summed E-state index contributed by atoms with van der Waals surface area (Å²) in [6.45, 7) is 2.15. The molecule has 194 valence electrons. The Bertz CT molecular complexity index is 1300. The number of halogens is 2. The van der Waals surface area contributed by atoms with Gasteiger partial charge in [0.15, 0.2) is 5.69 Å². The van der Waals surface area contributed by atoms with Gasteiger partial charge in [0.25, 0.3) is 0 Å². The molecule has 2 aromatic heterocycles. The van der Waals surface area contributed by atoms with Gasteiger partial charge in [-0.15, -0.1) is 0 Å². The van der Waals surface area contributed by atoms with Gasteiger partial charge < -0.3 is 19.4 Å². The lowest BCUT2D eigenvalue weighted by Gasteiger charge is -2.39. The van der Waals surface area contributed by atoms with Crippen molar-refractivity contribution < 1.29 is 23.0 Å². The minimum Gasteiger partial charge on any atom is -0.464 e. The Labute approximate surface area is 214 Å². The summed E-state index contributed by atoms with van der Waals surface area (Å²) in [6, 6.07) is 6.01. The molecule has 9 heteroatoms. The molecule has 1 aromatic carbocycles. The Kier molecular flexibility index (Phi) is 6.18. The number of anilines is 1. The van der Waals surface area contributed by atoms with Crippen LogP contribution in [0.3, 0.4) is 0 Å². The van der Waals surface area contributed by atoms with Crippen molar-refractivity contribution in [2.45, 2.75) is 76.2 Å². The van der Waals surface area contributed by atoms with Gasteiger partial charge >= 0.3 is 5.97 Å². The van der Waals surface area contributed by atoms with Crippen molar-refractivity contribution in [2.24, 2.45) is 0 Å². The summed E-state index contributed by atoms with van der Waals surface area (Å²) in [5.74, 6) is -0.665. The van der Waals surface area contributed by atoms with Gasteiger partial charge in [-0.3, -0.25) is 0 Å². The van der Waals surface area contributed by atoms with Crippen LogP contribution >= 0.6 is 0 Å². The molecule has 2 bridgehead atoms. The normalized spacial score (nSPS) is 22.9. The molecule has 0 amide bonds. The predicted molar refractivity (Wildman–Crippen MR) is 133 cm³/mol. The van der Waals surface area contributed by atoms with E-state index in [4.69, 9.17) is 9.47 Å². The highest BCUT2D eigenvalue weighted by Gasteiger charge is 2.43. The van der Waals surface area contributed by atoms with Crippen molar-refractivity contribution in [3.63, 3.8) is 0 Å². The van der Waals surface area contributed by atoms with Crippen LogP contribution in [0.15, 0.2) is 30.5 Å². The SMILES string of the molecule is COC(=O)c1cc(C)nc(N2C3CCC2CC(OCc2c(-c4c(F)cccc4F)c[nH]c2C2CC2)C3)n1. The van der Waals surface area contributed by atoms with E-state index in [0.717, 1.165) is 55.5 Å². The summed E-state index contributed by atoms with van der Waals surface area (Å²) in [7, 11) is 1.34. The van der Waals surface area contributed by atoms with E-state index in [-0.39, 0.29) is 29.4 Å². The molecule has 2 atom stereocenters. The average molecular weight is 509 g/mol. The van der Waals surface area contributed by atoms with Crippen molar-refractivity contribution in [3.05, 3.63) is 64.7 Å². The van der Waals surface area contributed by atoms with Crippen molar-refractivity contribution in [3.8, 4) is 11.1 Å². The maximum atomic E-state index is 14.6. The molecule has 0 spiro atoms. The van der Waals surface area contributed by atoms with E-state index in [1.54, 1.807) is 12.3 Å². The zero-order chi connectivity index (χ0) is 25.7. The minimum absolute atomic E-state index is 0.00264. The molecule has 3 fully saturated rings. The number of piperidine rings is 1. The largest absolute Gasteiger partial charge is 0.464 e. The van der Waals surface area contributed by atoms with E-state index in [0.29, 0.717) is 24.0 Å². The number of hydrogen-bond donors (Lipinski definition) is 1. The number of hydrogen-bond acceptors (Lipinski definition) is 6. The second-order valence-corrected chi connectivity index (χ2v) is 10.3. The number of aryl methyl sites for hydroxylation is 1. The fourth-order valence-electron chi connectivity index (χ4n) is 6.01. The quantitative estimate of drug-likeness (QED) is 0.428. The van der Waals surface area contributed by atoms with Crippen molar-refractivity contribution >= 4 is 11.9 Å². The maximum absolute atomic E-state index is 14.6. The standard InChI is InChI=1S/C28H30F2N4O3/c1-15-10-24(27(35)36-2)33-28(32-15)34-17-8-9-18(34)12-19(11-17)37-14-21-20(13-31-26(21)16-6-7-16)25-22(29)4-3-5-23(25)30/h3-5,10,13,16-19,31H,6-9,11-12,14H2,1-2H3. The molecule has 1 aliphatic carbocycles. The first-order valence-electron chi connectivity index (χ1n) is 12.9. The summed E-state index contributed by atoms with van der Waals surface area (Å²) in [5.41, 5.74) is 3.40. The zero-order valence-corrected chi connectivity index (χ0v) is 21.0. The maximum Gasteiger partial charge on any atom is 0.356 e. The van der Waals surface area contributed by atoms with Crippen LogP contribution in [-0.4, -0.2) is 46.2 Å². The number of carbonyl (C=O) groups excluding carboxylic acids is 1. The molecule has 0 radical (unpaired) electrons. The zero-order valence-electron chi connectivity index (χ0n) is 21.0. The van der Waals surface area contributed by atoms with Crippen molar-refractivity contribution in [1.29, 1.82) is 0 Å². The van der Waals surface area contributed by atoms with E-state index >= 15 is 0 Å². The number of aromatic amines is 1. The van der Waals surface area contributed by atoms with Crippen LogP contribution in [-0.2, 0) is 16.1 Å². The van der Waals surface area contributed by atoms with Gasteiger partial charge in [-0.25, -0.2) is 23.5 Å². The first-order chi connectivity index (χ1) is 17.9. The molecule has 3 aliphatic rings. The third kappa shape index (κ3) is 4.50. The van der Waals surface area contributed by atoms with Gasteiger partial charge in [-0.1, -0.05) is 6.07 Å². The molecular weight excluding hydrogens is 478 g/mol. The third-order valence-corrected chi connectivity index (χ3v) is 7.86. The predicted octanol–water partition coefficient (Wildman–Crippen LogP) is 5.44. The Morgan fingerprint density at radius 2 is 1.81 bits per heavy atom. The first kappa shape index (κ1) is 24.0. The molecule has 4 heterocycles. The molecule has 1 saturated carbocycles. The lowest BCUT2D eigenvalue weighted by atomic mass is 9.99. The highest BCUT2D eigenvalue weighted by Crippen LogP contribution is 2.45. The molecule has 3 aromatic rings. The van der Waals surface area contributed by atoms with E-state index < -0.39 is 17.6 Å².